The van der Waals surface area contributed by atoms with Gasteiger partial charge < -0.3 is 10.4 Å². The van der Waals surface area contributed by atoms with Crippen molar-refractivity contribution in [2.45, 2.75) is 30.4 Å². The van der Waals surface area contributed by atoms with Crippen molar-refractivity contribution in [1.29, 1.82) is 0 Å². The number of rotatable bonds is 8. The van der Waals surface area contributed by atoms with Gasteiger partial charge in [-0.2, -0.15) is 11.8 Å². The van der Waals surface area contributed by atoms with E-state index in [0.717, 1.165) is 29.3 Å². The first-order valence-corrected chi connectivity index (χ1v) is 8.63. The zero-order valence-corrected chi connectivity index (χ0v) is 13.2. The number of anilines is 1. The van der Waals surface area contributed by atoms with Crippen molar-refractivity contribution in [2.75, 3.05) is 23.9 Å². The fourth-order valence-electron chi connectivity index (χ4n) is 1.70. The Bertz CT molecular complexity index is 424. The summed E-state index contributed by atoms with van der Waals surface area (Å²) in [5, 5.41) is 13.2. The fourth-order valence-corrected chi connectivity index (χ4v) is 2.88. The zero-order valence-electron chi connectivity index (χ0n) is 11.6. The lowest BCUT2D eigenvalue weighted by atomic mass is 10.1. The lowest BCUT2D eigenvalue weighted by molar-refractivity contribution is 0.0694. The first-order chi connectivity index (χ1) is 9.10. The summed E-state index contributed by atoms with van der Waals surface area (Å²) in [6.45, 7) is 4.99. The van der Waals surface area contributed by atoms with Crippen molar-refractivity contribution in [3.63, 3.8) is 0 Å². The van der Waals surface area contributed by atoms with Crippen LogP contribution in [-0.4, -0.2) is 34.9 Å². The van der Waals surface area contributed by atoms with Crippen LogP contribution in [-0.2, 0) is 0 Å². The minimum absolute atomic E-state index is 0.395. The average molecular weight is 299 g/mol. The van der Waals surface area contributed by atoms with Crippen molar-refractivity contribution in [1.82, 2.24) is 0 Å². The van der Waals surface area contributed by atoms with Gasteiger partial charge in [-0.25, -0.2) is 4.79 Å². The van der Waals surface area contributed by atoms with Gasteiger partial charge >= 0.3 is 5.97 Å². The molecule has 1 atom stereocenters. The van der Waals surface area contributed by atoms with Crippen molar-refractivity contribution < 1.29 is 9.90 Å². The van der Waals surface area contributed by atoms with Crippen molar-refractivity contribution in [3.05, 3.63) is 23.8 Å². The largest absolute Gasteiger partial charge is 0.478 e. The lowest BCUT2D eigenvalue weighted by Gasteiger charge is -2.14. The Morgan fingerprint density at radius 3 is 2.79 bits per heavy atom. The molecule has 0 radical (unpaired) electrons. The molecule has 5 heteroatoms. The van der Waals surface area contributed by atoms with Crippen LogP contribution in [0.3, 0.4) is 0 Å². The Morgan fingerprint density at radius 2 is 2.21 bits per heavy atom. The van der Waals surface area contributed by atoms with Gasteiger partial charge in [0.15, 0.2) is 0 Å². The lowest BCUT2D eigenvalue weighted by Crippen LogP contribution is -2.11. The van der Waals surface area contributed by atoms with E-state index in [-0.39, 0.29) is 0 Å². The third kappa shape index (κ3) is 4.99. The van der Waals surface area contributed by atoms with E-state index in [1.807, 2.05) is 36.9 Å². The van der Waals surface area contributed by atoms with Gasteiger partial charge in [0.2, 0.25) is 0 Å². The number of thioether (sulfide) groups is 2. The number of carboxylic acids is 1. The Kier molecular flexibility index (Phi) is 7.16. The SMILES string of the molecule is CCSc1cccc(NCCC(C)SC)c1C(=O)O. The number of hydrogen-bond donors (Lipinski definition) is 2. The molecule has 0 aliphatic rings. The molecule has 0 saturated heterocycles. The maximum Gasteiger partial charge on any atom is 0.338 e. The first-order valence-electron chi connectivity index (χ1n) is 6.35. The van der Waals surface area contributed by atoms with E-state index in [9.17, 15) is 9.90 Å². The molecule has 0 aliphatic carbocycles. The van der Waals surface area contributed by atoms with Crippen molar-refractivity contribution >= 4 is 35.2 Å². The molecule has 19 heavy (non-hydrogen) atoms. The number of hydrogen-bond acceptors (Lipinski definition) is 4. The van der Waals surface area contributed by atoms with E-state index in [0.29, 0.717) is 10.8 Å². The Hall–Kier alpha value is -0.810. The molecule has 1 unspecified atom stereocenters. The number of carbonyl (C=O) groups is 1. The third-order valence-electron chi connectivity index (χ3n) is 2.81. The fraction of sp³-hybridized carbons (Fsp3) is 0.500. The summed E-state index contributed by atoms with van der Waals surface area (Å²) < 4.78 is 0. The predicted molar refractivity (Wildman–Crippen MR) is 85.9 cm³/mol. The van der Waals surface area contributed by atoms with Gasteiger partial charge in [0.25, 0.3) is 0 Å². The van der Waals surface area contributed by atoms with Gasteiger partial charge in [0.05, 0.1) is 5.56 Å². The minimum Gasteiger partial charge on any atom is -0.478 e. The van der Waals surface area contributed by atoms with Crippen LogP contribution >= 0.6 is 23.5 Å². The van der Waals surface area contributed by atoms with E-state index in [1.54, 1.807) is 11.8 Å². The quantitative estimate of drug-likeness (QED) is 0.709. The summed E-state index contributed by atoms with van der Waals surface area (Å²) in [5.41, 5.74) is 1.12. The first kappa shape index (κ1) is 16.2. The van der Waals surface area contributed by atoms with Crippen LogP contribution in [0.15, 0.2) is 23.1 Å². The van der Waals surface area contributed by atoms with E-state index < -0.39 is 5.97 Å². The highest BCUT2D eigenvalue weighted by Crippen LogP contribution is 2.28. The second kappa shape index (κ2) is 8.38. The molecule has 1 rings (SSSR count). The highest BCUT2D eigenvalue weighted by Gasteiger charge is 2.15. The molecule has 0 aliphatic heterocycles. The van der Waals surface area contributed by atoms with Crippen LogP contribution < -0.4 is 5.32 Å². The van der Waals surface area contributed by atoms with Crippen molar-refractivity contribution in [3.8, 4) is 0 Å². The highest BCUT2D eigenvalue weighted by atomic mass is 32.2. The maximum absolute atomic E-state index is 11.4. The van der Waals surface area contributed by atoms with Crippen LogP contribution in [0.1, 0.15) is 30.6 Å². The molecule has 0 bridgehead atoms. The number of nitrogens with one attached hydrogen (secondary N) is 1. The second-order valence-electron chi connectivity index (χ2n) is 4.18. The summed E-state index contributed by atoms with van der Waals surface area (Å²) in [6.07, 6.45) is 3.11. The van der Waals surface area contributed by atoms with Crippen molar-refractivity contribution in [2.24, 2.45) is 0 Å². The van der Waals surface area contributed by atoms with Gasteiger partial charge in [-0.15, -0.1) is 11.8 Å². The summed E-state index contributed by atoms with van der Waals surface area (Å²) in [6, 6.07) is 5.62. The van der Waals surface area contributed by atoms with Gasteiger partial charge in [-0.3, -0.25) is 0 Å². The molecular weight excluding hydrogens is 278 g/mol. The van der Waals surface area contributed by atoms with E-state index in [2.05, 4.69) is 18.5 Å². The van der Waals surface area contributed by atoms with Crippen LogP contribution in [0, 0.1) is 0 Å². The maximum atomic E-state index is 11.4. The molecule has 106 valence electrons. The molecule has 2 N–H and O–H groups in total. The van der Waals surface area contributed by atoms with E-state index >= 15 is 0 Å². The predicted octanol–water partition coefficient (Wildman–Crippen LogP) is 4.05. The third-order valence-corrected chi connectivity index (χ3v) is 4.79. The standard InChI is InChI=1S/C14H21NO2S2/c1-4-19-12-7-5-6-11(13(12)14(16)17)15-9-8-10(2)18-3/h5-7,10,15H,4,8-9H2,1-3H3,(H,16,17). The van der Waals surface area contributed by atoms with Crippen LogP contribution in [0.25, 0.3) is 0 Å². The molecule has 1 aromatic rings. The highest BCUT2D eigenvalue weighted by molar-refractivity contribution is 7.99. The van der Waals surface area contributed by atoms with Crippen LogP contribution in [0.4, 0.5) is 5.69 Å². The average Bonchev–Trinajstić information content (AvgIpc) is 2.38. The Morgan fingerprint density at radius 1 is 1.47 bits per heavy atom. The molecule has 0 amide bonds. The molecular formula is C14H21NO2S2. The van der Waals surface area contributed by atoms with Gasteiger partial charge in [-0.05, 0) is 30.6 Å². The molecule has 3 nitrogen and oxygen atoms in total. The van der Waals surface area contributed by atoms with Gasteiger partial charge in [-0.1, -0.05) is 19.9 Å². The summed E-state index contributed by atoms with van der Waals surface area (Å²) >= 11 is 3.38. The zero-order chi connectivity index (χ0) is 14.3. The van der Waals surface area contributed by atoms with Crippen LogP contribution in [0.2, 0.25) is 0 Å². The molecule has 0 spiro atoms. The molecule has 0 fully saturated rings. The number of carboxylic acid groups (broad SMARTS) is 1. The summed E-state index contributed by atoms with van der Waals surface area (Å²) in [4.78, 5) is 12.2. The topological polar surface area (TPSA) is 49.3 Å². The normalized spacial score (nSPS) is 12.2. The molecule has 0 heterocycles. The van der Waals surface area contributed by atoms with E-state index in [4.69, 9.17) is 0 Å². The van der Waals surface area contributed by atoms with Gasteiger partial charge in [0, 0.05) is 22.4 Å². The molecule has 1 aromatic carbocycles. The monoisotopic (exact) mass is 299 g/mol. The second-order valence-corrected chi connectivity index (χ2v) is 6.76. The Balaban J connectivity index is 2.81. The van der Waals surface area contributed by atoms with Crippen LogP contribution in [0.5, 0.6) is 0 Å². The molecule has 0 saturated carbocycles. The number of aromatic carboxylic acids is 1. The Labute approximate surface area is 123 Å². The molecule has 0 aromatic heterocycles. The van der Waals surface area contributed by atoms with Gasteiger partial charge in [0.1, 0.15) is 0 Å². The van der Waals surface area contributed by atoms with E-state index in [1.165, 1.54) is 0 Å². The summed E-state index contributed by atoms with van der Waals surface area (Å²) in [5.74, 6) is 0.00437. The minimum atomic E-state index is -0.864. The smallest absolute Gasteiger partial charge is 0.338 e. The number of benzene rings is 1. The summed E-state index contributed by atoms with van der Waals surface area (Å²) in [7, 11) is 0.